The number of H-pyrrole nitrogens is 1. The smallest absolute Gasteiger partial charge is 0.230 e. The predicted octanol–water partition coefficient (Wildman–Crippen LogP) is 4.00. The van der Waals surface area contributed by atoms with Crippen LogP contribution in [0.1, 0.15) is 38.3 Å². The van der Waals surface area contributed by atoms with Crippen LogP contribution in [0.15, 0.2) is 24.3 Å². The van der Waals surface area contributed by atoms with Crippen molar-refractivity contribution in [2.24, 2.45) is 0 Å². The summed E-state index contributed by atoms with van der Waals surface area (Å²) in [4.78, 5) is 2.30. The van der Waals surface area contributed by atoms with Crippen LogP contribution in [0.3, 0.4) is 0 Å². The molecule has 1 aromatic heterocycles. The zero-order valence-electron chi connectivity index (χ0n) is 12.0. The van der Waals surface area contributed by atoms with Gasteiger partial charge in [0, 0.05) is 18.3 Å². The topological polar surface area (TPSA) is 36.9 Å². The molecule has 20 heavy (non-hydrogen) atoms. The number of hydrogen-bond acceptors (Lipinski definition) is 3. The monoisotopic (exact) mass is 288 g/mol. The fourth-order valence-electron chi connectivity index (χ4n) is 2.85. The number of hydrogen-bond donors (Lipinski definition) is 1. The third kappa shape index (κ3) is 2.26. The zero-order chi connectivity index (χ0) is 14.1. The predicted molar refractivity (Wildman–Crippen MR) is 84.2 cm³/mol. The van der Waals surface area contributed by atoms with E-state index < -0.39 is 0 Å². The van der Waals surface area contributed by atoms with Crippen molar-refractivity contribution in [3.8, 4) is 0 Å². The van der Waals surface area contributed by atoms with Gasteiger partial charge < -0.3 is 4.90 Å². The normalized spacial score (nSPS) is 15.2. The van der Waals surface area contributed by atoms with Crippen LogP contribution < -0.4 is 4.90 Å². The molecule has 1 N–H and O–H groups in total. The Morgan fingerprint density at radius 1 is 1.25 bits per heavy atom. The van der Waals surface area contributed by atoms with Crippen LogP contribution in [-0.4, -0.2) is 21.3 Å². The van der Waals surface area contributed by atoms with E-state index in [1.54, 1.807) is 0 Å². The third-order valence-corrected chi connectivity index (χ3v) is 4.09. The van der Waals surface area contributed by atoms with Gasteiger partial charge >= 0.3 is 0 Å². The molecule has 106 valence electrons. The number of aryl methyl sites for hydroxylation is 1. The van der Waals surface area contributed by atoms with Crippen LogP contribution >= 0.6 is 12.2 Å². The van der Waals surface area contributed by atoms with Gasteiger partial charge in [0.1, 0.15) is 0 Å². The van der Waals surface area contributed by atoms with E-state index in [2.05, 4.69) is 57.8 Å². The molecular weight excluding hydrogens is 268 g/mol. The maximum atomic E-state index is 5.37. The van der Waals surface area contributed by atoms with Crippen LogP contribution in [0.5, 0.6) is 0 Å². The standard InChI is InChI=1S/C15H20N4S/c1-11(2)19-14(16-17-15(19)20)18-10-6-5-8-12-7-3-4-9-13(12)18/h3-4,7,9,11H,5-6,8,10H2,1-2H3,(H,17,20). The average molecular weight is 288 g/mol. The Hall–Kier alpha value is -1.62. The van der Waals surface area contributed by atoms with E-state index in [4.69, 9.17) is 12.2 Å². The first-order valence-corrected chi connectivity index (χ1v) is 7.61. The second-order valence-corrected chi connectivity index (χ2v) is 5.92. The van der Waals surface area contributed by atoms with Crippen molar-refractivity contribution in [3.05, 3.63) is 34.6 Å². The van der Waals surface area contributed by atoms with Crippen molar-refractivity contribution < 1.29 is 0 Å². The lowest BCUT2D eigenvalue weighted by molar-refractivity contribution is 0.586. The minimum atomic E-state index is 0.298. The Balaban J connectivity index is 2.13. The summed E-state index contributed by atoms with van der Waals surface area (Å²) in [6.07, 6.45) is 3.53. The molecule has 5 heteroatoms. The van der Waals surface area contributed by atoms with Gasteiger partial charge in [-0.05, 0) is 57.0 Å². The van der Waals surface area contributed by atoms with E-state index in [9.17, 15) is 0 Å². The summed E-state index contributed by atoms with van der Waals surface area (Å²) in [5, 5.41) is 7.41. The van der Waals surface area contributed by atoms with E-state index >= 15 is 0 Å². The zero-order valence-corrected chi connectivity index (χ0v) is 12.8. The lowest BCUT2D eigenvalue weighted by Gasteiger charge is -2.25. The number of nitrogens with zero attached hydrogens (tertiary/aromatic N) is 3. The highest BCUT2D eigenvalue weighted by Gasteiger charge is 2.22. The Kier molecular flexibility index (Phi) is 3.61. The summed E-state index contributed by atoms with van der Waals surface area (Å²) >= 11 is 5.37. The van der Waals surface area contributed by atoms with E-state index in [0.29, 0.717) is 10.8 Å². The number of aromatic amines is 1. The fourth-order valence-corrected chi connectivity index (χ4v) is 3.19. The Morgan fingerprint density at radius 2 is 2.05 bits per heavy atom. The quantitative estimate of drug-likeness (QED) is 0.849. The lowest BCUT2D eigenvalue weighted by Crippen LogP contribution is -2.22. The highest BCUT2D eigenvalue weighted by Crippen LogP contribution is 2.32. The number of para-hydroxylation sites is 1. The van der Waals surface area contributed by atoms with Crippen LogP contribution in [0.2, 0.25) is 0 Å². The molecule has 0 spiro atoms. The molecule has 0 atom stereocenters. The first-order valence-electron chi connectivity index (χ1n) is 7.21. The summed E-state index contributed by atoms with van der Waals surface area (Å²) in [7, 11) is 0. The third-order valence-electron chi connectivity index (χ3n) is 3.80. The number of fused-ring (bicyclic) bond motifs is 1. The highest BCUT2D eigenvalue weighted by atomic mass is 32.1. The number of nitrogens with one attached hydrogen (secondary N) is 1. The molecule has 0 saturated carbocycles. The molecule has 0 fully saturated rings. The average Bonchev–Trinajstić information content (AvgIpc) is 2.69. The van der Waals surface area contributed by atoms with Gasteiger partial charge in [0.25, 0.3) is 0 Å². The molecule has 1 aromatic carbocycles. The van der Waals surface area contributed by atoms with Crippen LogP contribution in [0.25, 0.3) is 0 Å². The van der Waals surface area contributed by atoms with Crippen LogP contribution in [-0.2, 0) is 6.42 Å². The van der Waals surface area contributed by atoms with Crippen LogP contribution in [0.4, 0.5) is 11.6 Å². The molecule has 0 saturated heterocycles. The molecule has 0 bridgehead atoms. The Bertz CT molecular complexity index is 656. The SMILES string of the molecule is CC(C)n1c(N2CCCCc3ccccc32)n[nH]c1=S. The van der Waals surface area contributed by atoms with E-state index in [-0.39, 0.29) is 0 Å². The molecule has 1 aliphatic rings. The van der Waals surface area contributed by atoms with Gasteiger partial charge in [-0.2, -0.15) is 0 Å². The van der Waals surface area contributed by atoms with Gasteiger partial charge in [0.05, 0.1) is 0 Å². The largest absolute Gasteiger partial charge is 0.310 e. The first kappa shape index (κ1) is 13.4. The number of anilines is 2. The summed E-state index contributed by atoms with van der Waals surface area (Å²) in [6, 6.07) is 8.91. The molecule has 2 heterocycles. The van der Waals surface area contributed by atoms with Crippen molar-refractivity contribution in [2.75, 3.05) is 11.4 Å². The van der Waals surface area contributed by atoms with Crippen molar-refractivity contribution in [1.29, 1.82) is 0 Å². The van der Waals surface area contributed by atoms with Crippen molar-refractivity contribution in [1.82, 2.24) is 14.8 Å². The molecule has 0 radical (unpaired) electrons. The second-order valence-electron chi connectivity index (χ2n) is 5.53. The van der Waals surface area contributed by atoms with Gasteiger partial charge in [-0.3, -0.25) is 4.57 Å². The summed E-state index contributed by atoms with van der Waals surface area (Å²) in [6.45, 7) is 5.26. The molecule has 1 aliphatic heterocycles. The molecular formula is C15H20N4S. The van der Waals surface area contributed by atoms with Gasteiger partial charge in [-0.1, -0.05) is 18.2 Å². The Morgan fingerprint density at radius 3 is 2.85 bits per heavy atom. The number of benzene rings is 1. The molecule has 3 rings (SSSR count). The molecule has 4 nitrogen and oxygen atoms in total. The first-order chi connectivity index (χ1) is 9.68. The van der Waals surface area contributed by atoms with Gasteiger partial charge in [-0.15, -0.1) is 5.10 Å². The summed E-state index contributed by atoms with van der Waals surface area (Å²) in [5.74, 6) is 0.930. The van der Waals surface area contributed by atoms with Crippen molar-refractivity contribution in [3.63, 3.8) is 0 Å². The minimum absolute atomic E-state index is 0.298. The lowest BCUT2D eigenvalue weighted by atomic mass is 10.1. The van der Waals surface area contributed by atoms with Crippen molar-refractivity contribution in [2.45, 2.75) is 39.2 Å². The van der Waals surface area contributed by atoms with E-state index in [1.165, 1.54) is 24.1 Å². The number of aromatic nitrogens is 3. The summed E-state index contributed by atoms with van der Waals surface area (Å²) < 4.78 is 2.79. The number of rotatable bonds is 2. The molecule has 0 unspecified atom stereocenters. The van der Waals surface area contributed by atoms with Gasteiger partial charge in [-0.25, -0.2) is 5.10 Å². The Labute approximate surface area is 124 Å². The minimum Gasteiger partial charge on any atom is -0.310 e. The fraction of sp³-hybridized carbons (Fsp3) is 0.467. The maximum absolute atomic E-state index is 5.37. The maximum Gasteiger partial charge on any atom is 0.230 e. The van der Waals surface area contributed by atoms with Crippen LogP contribution in [0, 0.1) is 4.77 Å². The van der Waals surface area contributed by atoms with E-state index in [1.807, 2.05) is 0 Å². The summed E-state index contributed by atoms with van der Waals surface area (Å²) in [5.41, 5.74) is 2.66. The highest BCUT2D eigenvalue weighted by molar-refractivity contribution is 7.71. The molecule has 0 aliphatic carbocycles. The molecule has 0 amide bonds. The second kappa shape index (κ2) is 5.40. The van der Waals surface area contributed by atoms with Gasteiger partial charge in [0.15, 0.2) is 4.77 Å². The van der Waals surface area contributed by atoms with Crippen molar-refractivity contribution >= 4 is 23.9 Å². The van der Waals surface area contributed by atoms with Gasteiger partial charge in [0.2, 0.25) is 5.95 Å². The van der Waals surface area contributed by atoms with E-state index in [0.717, 1.165) is 18.9 Å². The molecule has 2 aromatic rings.